The summed E-state index contributed by atoms with van der Waals surface area (Å²) < 4.78 is 2.33. The summed E-state index contributed by atoms with van der Waals surface area (Å²) in [6.45, 7) is 8.69. The predicted molar refractivity (Wildman–Crippen MR) is 83.5 cm³/mol. The molecule has 0 saturated carbocycles. The second-order valence-electron chi connectivity index (χ2n) is 5.98. The molecule has 1 aromatic rings. The average Bonchev–Trinajstić information content (AvgIpc) is 2.80. The molecule has 0 bridgehead atoms. The molecule has 4 nitrogen and oxygen atoms in total. The van der Waals surface area contributed by atoms with Gasteiger partial charge >= 0.3 is 0 Å². The van der Waals surface area contributed by atoms with Gasteiger partial charge < -0.3 is 10.3 Å². The first-order valence-corrected chi connectivity index (χ1v) is 8.25. The van der Waals surface area contributed by atoms with Crippen LogP contribution in [0.4, 0.5) is 0 Å². The van der Waals surface area contributed by atoms with Gasteiger partial charge in [-0.05, 0) is 51.2 Å². The Kier molecular flexibility index (Phi) is 6.05. The van der Waals surface area contributed by atoms with E-state index >= 15 is 0 Å². The predicted octanol–water partition coefficient (Wildman–Crippen LogP) is 2.81. The smallest absolute Gasteiger partial charge is 0.0948 e. The molecule has 2 atom stereocenters. The summed E-state index contributed by atoms with van der Waals surface area (Å²) in [6.07, 6.45) is 10.3. The zero-order chi connectivity index (χ0) is 14.4. The normalized spacial score (nSPS) is 24.8. The lowest BCUT2D eigenvalue weighted by atomic mass is 9.92. The molecule has 1 fully saturated rings. The molecule has 4 heteroatoms. The molecule has 0 aromatic carbocycles. The summed E-state index contributed by atoms with van der Waals surface area (Å²) >= 11 is 0. The Bertz CT molecular complexity index is 388. The number of likely N-dealkylation sites (tertiary alicyclic amines) is 1. The van der Waals surface area contributed by atoms with Crippen LogP contribution in [0.1, 0.15) is 57.7 Å². The highest BCUT2D eigenvalue weighted by Gasteiger charge is 2.31. The molecule has 0 spiro atoms. The topological polar surface area (TPSA) is 47.1 Å². The van der Waals surface area contributed by atoms with E-state index in [0.717, 1.165) is 19.5 Å². The largest absolute Gasteiger partial charge is 0.333 e. The summed E-state index contributed by atoms with van der Waals surface area (Å²) in [5, 5.41) is 0. The molecule has 1 saturated heterocycles. The molecule has 2 N–H and O–H groups in total. The van der Waals surface area contributed by atoms with Gasteiger partial charge in [0.15, 0.2) is 0 Å². The molecule has 2 rings (SSSR count). The zero-order valence-electron chi connectivity index (χ0n) is 13.1. The number of nitrogens with two attached hydrogens (primary N) is 1. The quantitative estimate of drug-likeness (QED) is 0.870. The van der Waals surface area contributed by atoms with Crippen LogP contribution in [-0.4, -0.2) is 34.1 Å². The van der Waals surface area contributed by atoms with Crippen molar-refractivity contribution in [1.82, 2.24) is 14.5 Å². The first kappa shape index (κ1) is 15.5. The summed E-state index contributed by atoms with van der Waals surface area (Å²) in [6, 6.07) is 0.455. The molecule has 1 aliphatic heterocycles. The van der Waals surface area contributed by atoms with Gasteiger partial charge in [0.2, 0.25) is 0 Å². The Hall–Kier alpha value is -0.870. The Morgan fingerprint density at radius 2 is 2.05 bits per heavy atom. The first-order chi connectivity index (χ1) is 9.81. The summed E-state index contributed by atoms with van der Waals surface area (Å²) in [7, 11) is 0. The van der Waals surface area contributed by atoms with Gasteiger partial charge in [-0.2, -0.15) is 0 Å². The fourth-order valence-corrected chi connectivity index (χ4v) is 3.53. The maximum absolute atomic E-state index is 6.10. The van der Waals surface area contributed by atoms with Gasteiger partial charge in [-0.3, -0.25) is 4.90 Å². The van der Waals surface area contributed by atoms with Crippen LogP contribution >= 0.6 is 0 Å². The average molecular weight is 278 g/mol. The number of hydrogen-bond acceptors (Lipinski definition) is 3. The van der Waals surface area contributed by atoms with Crippen molar-refractivity contribution < 1.29 is 0 Å². The highest BCUT2D eigenvalue weighted by Crippen LogP contribution is 2.34. The number of hydrogen-bond donors (Lipinski definition) is 1. The second kappa shape index (κ2) is 7.79. The van der Waals surface area contributed by atoms with Crippen molar-refractivity contribution in [3.05, 3.63) is 18.2 Å². The monoisotopic (exact) mass is 278 g/mol. The lowest BCUT2D eigenvalue weighted by Crippen LogP contribution is -2.37. The van der Waals surface area contributed by atoms with Gasteiger partial charge in [-0.25, -0.2) is 4.98 Å². The van der Waals surface area contributed by atoms with Crippen LogP contribution in [0.5, 0.6) is 0 Å². The molecule has 0 aliphatic carbocycles. The standard InChI is InChI=1S/C16H30N4/c1-3-8-19-10-6-5-7-14(11-17)16(19)15-12-18-13-20(15)9-4-2/h12-14,16H,3-11,17H2,1-2H3. The van der Waals surface area contributed by atoms with Crippen molar-refractivity contribution in [3.8, 4) is 0 Å². The van der Waals surface area contributed by atoms with E-state index in [1.807, 2.05) is 6.33 Å². The summed E-state index contributed by atoms with van der Waals surface area (Å²) in [4.78, 5) is 7.05. The SMILES string of the molecule is CCCN1CCCCC(CN)C1c1cncn1CCC. The fraction of sp³-hybridized carbons (Fsp3) is 0.812. The minimum atomic E-state index is 0.455. The third-order valence-corrected chi connectivity index (χ3v) is 4.44. The molecule has 0 amide bonds. The molecule has 1 aliphatic rings. The van der Waals surface area contributed by atoms with E-state index in [-0.39, 0.29) is 0 Å². The van der Waals surface area contributed by atoms with Crippen LogP contribution in [0, 0.1) is 5.92 Å². The molecule has 0 radical (unpaired) electrons. The molecule has 1 aromatic heterocycles. The molecular formula is C16H30N4. The van der Waals surface area contributed by atoms with Crippen LogP contribution in [0.2, 0.25) is 0 Å². The highest BCUT2D eigenvalue weighted by molar-refractivity contribution is 5.09. The zero-order valence-corrected chi connectivity index (χ0v) is 13.1. The molecule has 2 heterocycles. The summed E-state index contributed by atoms with van der Waals surface area (Å²) in [5.74, 6) is 0.566. The van der Waals surface area contributed by atoms with Crippen molar-refractivity contribution in [2.24, 2.45) is 11.7 Å². The van der Waals surface area contributed by atoms with E-state index in [0.29, 0.717) is 12.0 Å². The first-order valence-electron chi connectivity index (χ1n) is 8.25. The van der Waals surface area contributed by atoms with Crippen molar-refractivity contribution in [1.29, 1.82) is 0 Å². The van der Waals surface area contributed by atoms with Gasteiger partial charge in [-0.1, -0.05) is 20.3 Å². The Balaban J connectivity index is 2.30. The van der Waals surface area contributed by atoms with Crippen LogP contribution < -0.4 is 5.73 Å². The third-order valence-electron chi connectivity index (χ3n) is 4.44. The minimum Gasteiger partial charge on any atom is -0.333 e. The lowest BCUT2D eigenvalue weighted by molar-refractivity contribution is 0.151. The lowest BCUT2D eigenvalue weighted by Gasteiger charge is -2.35. The number of aromatic nitrogens is 2. The Morgan fingerprint density at radius 3 is 2.75 bits per heavy atom. The number of imidazole rings is 1. The maximum Gasteiger partial charge on any atom is 0.0948 e. The van der Waals surface area contributed by atoms with Crippen molar-refractivity contribution in [2.75, 3.05) is 19.6 Å². The van der Waals surface area contributed by atoms with Crippen LogP contribution in [0.25, 0.3) is 0 Å². The van der Waals surface area contributed by atoms with E-state index in [4.69, 9.17) is 5.73 Å². The van der Waals surface area contributed by atoms with E-state index in [1.165, 1.54) is 44.5 Å². The second-order valence-corrected chi connectivity index (χ2v) is 5.98. The number of nitrogens with zero attached hydrogens (tertiary/aromatic N) is 3. The van der Waals surface area contributed by atoms with Crippen molar-refractivity contribution >= 4 is 0 Å². The van der Waals surface area contributed by atoms with E-state index < -0.39 is 0 Å². The Morgan fingerprint density at radius 1 is 1.25 bits per heavy atom. The number of rotatable bonds is 6. The van der Waals surface area contributed by atoms with E-state index in [9.17, 15) is 0 Å². The minimum absolute atomic E-state index is 0.455. The van der Waals surface area contributed by atoms with Crippen molar-refractivity contribution in [2.45, 2.75) is 58.5 Å². The van der Waals surface area contributed by atoms with Gasteiger partial charge in [0.25, 0.3) is 0 Å². The van der Waals surface area contributed by atoms with Gasteiger partial charge in [0.05, 0.1) is 18.1 Å². The van der Waals surface area contributed by atoms with E-state index in [2.05, 4.69) is 34.5 Å². The van der Waals surface area contributed by atoms with Gasteiger partial charge in [-0.15, -0.1) is 0 Å². The van der Waals surface area contributed by atoms with Crippen molar-refractivity contribution in [3.63, 3.8) is 0 Å². The van der Waals surface area contributed by atoms with E-state index in [1.54, 1.807) is 0 Å². The third kappa shape index (κ3) is 3.41. The molecule has 114 valence electrons. The molecule has 2 unspecified atom stereocenters. The highest BCUT2D eigenvalue weighted by atomic mass is 15.2. The molecular weight excluding hydrogens is 248 g/mol. The maximum atomic E-state index is 6.10. The van der Waals surface area contributed by atoms with Crippen LogP contribution in [0.3, 0.4) is 0 Å². The molecule has 20 heavy (non-hydrogen) atoms. The Labute approximate surface area is 123 Å². The van der Waals surface area contributed by atoms with Gasteiger partial charge in [0, 0.05) is 12.7 Å². The van der Waals surface area contributed by atoms with Crippen LogP contribution in [0.15, 0.2) is 12.5 Å². The van der Waals surface area contributed by atoms with Crippen LogP contribution in [-0.2, 0) is 6.54 Å². The fourth-order valence-electron chi connectivity index (χ4n) is 3.53. The summed E-state index contributed by atoms with van der Waals surface area (Å²) in [5.41, 5.74) is 7.47. The van der Waals surface area contributed by atoms with Gasteiger partial charge in [0.1, 0.15) is 0 Å². The number of aryl methyl sites for hydroxylation is 1.